The molecular formula is C16H28N2S. The largest absolute Gasteiger partial charge is 0.310 e. The maximum atomic E-state index is 3.72. The van der Waals surface area contributed by atoms with E-state index in [1.54, 1.807) is 0 Å². The van der Waals surface area contributed by atoms with Crippen molar-refractivity contribution in [2.24, 2.45) is 0 Å². The number of thiophene rings is 1. The van der Waals surface area contributed by atoms with Gasteiger partial charge in [-0.15, -0.1) is 11.3 Å². The normalized spacial score (nSPS) is 26.3. The molecule has 1 N–H and O–H groups in total. The zero-order chi connectivity index (χ0) is 13.9. The van der Waals surface area contributed by atoms with E-state index in [9.17, 15) is 0 Å². The molecule has 2 heterocycles. The average Bonchev–Trinajstić information content (AvgIpc) is 2.83. The van der Waals surface area contributed by atoms with Gasteiger partial charge in [0, 0.05) is 28.9 Å². The summed E-state index contributed by atoms with van der Waals surface area (Å²) in [6.07, 6.45) is 2.46. The Morgan fingerprint density at radius 1 is 1.47 bits per heavy atom. The van der Waals surface area contributed by atoms with Crippen molar-refractivity contribution in [2.45, 2.75) is 51.5 Å². The first-order valence-electron chi connectivity index (χ1n) is 7.47. The summed E-state index contributed by atoms with van der Waals surface area (Å²) in [5, 5.41) is 5.91. The first-order valence-corrected chi connectivity index (χ1v) is 8.34. The summed E-state index contributed by atoms with van der Waals surface area (Å²) in [7, 11) is 0. The zero-order valence-corrected chi connectivity index (χ0v) is 13.6. The van der Waals surface area contributed by atoms with Gasteiger partial charge in [0.2, 0.25) is 0 Å². The number of rotatable bonds is 4. The lowest BCUT2D eigenvalue weighted by Crippen LogP contribution is -2.50. The van der Waals surface area contributed by atoms with Crippen LogP contribution in [0.2, 0.25) is 0 Å². The number of nitrogens with one attached hydrogen (secondary N) is 1. The molecule has 0 spiro atoms. The van der Waals surface area contributed by atoms with E-state index in [0.717, 1.165) is 19.6 Å². The van der Waals surface area contributed by atoms with Gasteiger partial charge < -0.3 is 10.2 Å². The Kier molecular flexibility index (Phi) is 4.70. The van der Waals surface area contributed by atoms with Gasteiger partial charge in [-0.3, -0.25) is 0 Å². The fraction of sp³-hybridized carbons (Fsp3) is 0.750. The summed E-state index contributed by atoms with van der Waals surface area (Å²) in [6, 6.07) is 4.45. The van der Waals surface area contributed by atoms with E-state index in [-0.39, 0.29) is 11.0 Å². The van der Waals surface area contributed by atoms with Crippen molar-refractivity contribution >= 4 is 11.3 Å². The molecule has 1 aliphatic rings. The van der Waals surface area contributed by atoms with Gasteiger partial charge in [-0.1, -0.05) is 26.8 Å². The third kappa shape index (κ3) is 3.80. The summed E-state index contributed by atoms with van der Waals surface area (Å²) in [5.74, 6) is 0. The first kappa shape index (κ1) is 15.0. The lowest BCUT2D eigenvalue weighted by molar-refractivity contribution is 0.184. The highest BCUT2D eigenvalue weighted by Crippen LogP contribution is 2.29. The van der Waals surface area contributed by atoms with Crippen molar-refractivity contribution in [3.8, 4) is 0 Å². The third-order valence-corrected chi connectivity index (χ3v) is 5.60. The van der Waals surface area contributed by atoms with Gasteiger partial charge >= 0.3 is 0 Å². The molecule has 0 saturated carbocycles. The summed E-state index contributed by atoms with van der Waals surface area (Å²) in [4.78, 5) is 4.16. The fourth-order valence-corrected chi connectivity index (χ4v) is 3.84. The molecule has 19 heavy (non-hydrogen) atoms. The molecule has 2 nitrogen and oxygen atoms in total. The van der Waals surface area contributed by atoms with E-state index in [1.165, 1.54) is 24.3 Å². The second kappa shape index (κ2) is 5.94. The molecule has 0 aliphatic carbocycles. The quantitative estimate of drug-likeness (QED) is 0.908. The van der Waals surface area contributed by atoms with Gasteiger partial charge in [0.25, 0.3) is 0 Å². The maximum absolute atomic E-state index is 3.72. The Morgan fingerprint density at radius 3 is 2.89 bits per heavy atom. The second-order valence-corrected chi connectivity index (χ2v) is 7.71. The van der Waals surface area contributed by atoms with Gasteiger partial charge in [0.05, 0.1) is 0 Å². The molecule has 0 aromatic carbocycles. The molecule has 0 radical (unpaired) electrons. The van der Waals surface area contributed by atoms with E-state index < -0.39 is 0 Å². The summed E-state index contributed by atoms with van der Waals surface area (Å²) in [5.41, 5.74) is 0.537. The molecule has 0 bridgehead atoms. The van der Waals surface area contributed by atoms with Crippen LogP contribution < -0.4 is 5.32 Å². The maximum Gasteiger partial charge on any atom is 0.0277 e. The van der Waals surface area contributed by atoms with E-state index >= 15 is 0 Å². The molecule has 1 atom stereocenters. The lowest BCUT2D eigenvalue weighted by Gasteiger charge is -2.36. The molecule has 1 unspecified atom stereocenters. The van der Waals surface area contributed by atoms with Crippen LogP contribution >= 0.6 is 11.3 Å². The molecule has 3 heteroatoms. The molecule has 1 aromatic rings. The van der Waals surface area contributed by atoms with Crippen LogP contribution in [0.15, 0.2) is 17.5 Å². The van der Waals surface area contributed by atoms with Crippen molar-refractivity contribution in [3.05, 3.63) is 22.4 Å². The van der Waals surface area contributed by atoms with Crippen molar-refractivity contribution in [1.29, 1.82) is 0 Å². The molecule has 1 aromatic heterocycles. The smallest absolute Gasteiger partial charge is 0.0277 e. The first-order chi connectivity index (χ1) is 8.95. The van der Waals surface area contributed by atoms with E-state index in [2.05, 4.69) is 55.4 Å². The Labute approximate surface area is 122 Å². The Hall–Kier alpha value is -0.380. The predicted molar refractivity (Wildman–Crippen MR) is 85.1 cm³/mol. The Balaban J connectivity index is 2.05. The van der Waals surface area contributed by atoms with Crippen LogP contribution in [0.3, 0.4) is 0 Å². The van der Waals surface area contributed by atoms with Crippen LogP contribution in [-0.4, -0.2) is 36.6 Å². The van der Waals surface area contributed by atoms with Crippen molar-refractivity contribution in [2.75, 3.05) is 26.2 Å². The van der Waals surface area contributed by atoms with E-state index in [1.807, 2.05) is 11.3 Å². The molecular weight excluding hydrogens is 252 g/mol. The van der Waals surface area contributed by atoms with Crippen LogP contribution in [-0.2, 0) is 5.41 Å². The summed E-state index contributed by atoms with van der Waals surface area (Å²) in [6.45, 7) is 14.1. The predicted octanol–water partition coefficient (Wildman–Crippen LogP) is 3.49. The highest BCUT2D eigenvalue weighted by atomic mass is 32.1. The van der Waals surface area contributed by atoms with Gasteiger partial charge in [-0.05, 0) is 44.3 Å². The van der Waals surface area contributed by atoms with Crippen LogP contribution in [0, 0.1) is 0 Å². The zero-order valence-electron chi connectivity index (χ0n) is 12.8. The minimum Gasteiger partial charge on any atom is -0.310 e. The lowest BCUT2D eigenvalue weighted by atomic mass is 9.89. The molecule has 0 amide bonds. The fourth-order valence-electron chi connectivity index (χ4n) is 2.99. The van der Waals surface area contributed by atoms with Crippen LogP contribution in [0.5, 0.6) is 0 Å². The molecule has 1 fully saturated rings. The van der Waals surface area contributed by atoms with Gasteiger partial charge in [0.1, 0.15) is 0 Å². The SMILES string of the molecule is CCC1(C)CN(CC(C)(C)c2cccs2)CCCN1. The molecule has 1 aliphatic heterocycles. The van der Waals surface area contributed by atoms with Crippen molar-refractivity contribution in [3.63, 3.8) is 0 Å². The standard InChI is InChI=1S/C16H28N2S/c1-5-16(4)13-18(10-7-9-17-16)12-15(2,3)14-8-6-11-19-14/h6,8,11,17H,5,7,9-10,12-13H2,1-4H3. The van der Waals surface area contributed by atoms with Crippen molar-refractivity contribution < 1.29 is 0 Å². The average molecular weight is 280 g/mol. The third-order valence-electron chi connectivity index (χ3n) is 4.36. The van der Waals surface area contributed by atoms with Gasteiger partial charge in [-0.2, -0.15) is 0 Å². The second-order valence-electron chi connectivity index (χ2n) is 6.77. The number of hydrogen-bond donors (Lipinski definition) is 1. The molecule has 108 valence electrons. The van der Waals surface area contributed by atoms with Gasteiger partial charge in [-0.25, -0.2) is 0 Å². The molecule has 1 saturated heterocycles. The van der Waals surface area contributed by atoms with Crippen LogP contribution in [0.25, 0.3) is 0 Å². The highest BCUT2D eigenvalue weighted by molar-refractivity contribution is 7.10. The highest BCUT2D eigenvalue weighted by Gasteiger charge is 2.31. The Morgan fingerprint density at radius 2 is 2.26 bits per heavy atom. The topological polar surface area (TPSA) is 15.3 Å². The van der Waals surface area contributed by atoms with Crippen LogP contribution in [0.1, 0.15) is 45.4 Å². The summed E-state index contributed by atoms with van der Waals surface area (Å²) < 4.78 is 0. The number of nitrogens with zero attached hydrogens (tertiary/aromatic N) is 1. The monoisotopic (exact) mass is 280 g/mol. The van der Waals surface area contributed by atoms with Crippen LogP contribution in [0.4, 0.5) is 0 Å². The van der Waals surface area contributed by atoms with E-state index in [4.69, 9.17) is 0 Å². The summed E-state index contributed by atoms with van der Waals surface area (Å²) >= 11 is 1.89. The van der Waals surface area contributed by atoms with Gasteiger partial charge in [0.15, 0.2) is 0 Å². The minimum atomic E-state index is 0.257. The number of hydrogen-bond acceptors (Lipinski definition) is 3. The Bertz CT molecular complexity index is 385. The van der Waals surface area contributed by atoms with E-state index in [0.29, 0.717) is 0 Å². The molecule has 2 rings (SSSR count). The minimum absolute atomic E-state index is 0.257. The van der Waals surface area contributed by atoms with Crippen molar-refractivity contribution in [1.82, 2.24) is 10.2 Å².